The number of esters is 1. The number of sulfonamides is 1. The maximum absolute atomic E-state index is 14.7. The van der Waals surface area contributed by atoms with Crippen molar-refractivity contribution in [2.24, 2.45) is 7.05 Å². The highest BCUT2D eigenvalue weighted by Crippen LogP contribution is 2.25. The number of ether oxygens (including phenoxy) is 2. The van der Waals surface area contributed by atoms with Crippen molar-refractivity contribution < 1.29 is 37.0 Å². The van der Waals surface area contributed by atoms with Crippen molar-refractivity contribution >= 4 is 22.1 Å². The number of nitrogens with zero attached hydrogens (tertiary/aromatic N) is 2. The second kappa shape index (κ2) is 8.90. The summed E-state index contributed by atoms with van der Waals surface area (Å²) in [5.74, 6) is -2.21. The van der Waals surface area contributed by atoms with Crippen LogP contribution in [0, 0.1) is 5.82 Å². The Balaban J connectivity index is 2.24. The molecule has 1 amide bonds. The van der Waals surface area contributed by atoms with Gasteiger partial charge in [-0.1, -0.05) is 0 Å². The Bertz CT molecular complexity index is 908. The first-order valence-electron chi connectivity index (χ1n) is 9.47. The largest absolute Gasteiger partial charge is 0.461 e. The lowest BCUT2D eigenvalue weighted by Crippen LogP contribution is -2.49. The SMILES string of the molecule is CCOC(=O)c1c(F)c(S(=O)(=O)N[C@@H]2CCN(C(=O)OC(C)(C)C)[C@@H]2CO)cn1C. The number of carbonyl (C=O) groups is 2. The summed E-state index contributed by atoms with van der Waals surface area (Å²) in [4.78, 5) is 24.8. The van der Waals surface area contributed by atoms with E-state index in [0.717, 1.165) is 10.8 Å². The van der Waals surface area contributed by atoms with Crippen LogP contribution in [0.1, 0.15) is 44.6 Å². The van der Waals surface area contributed by atoms with Crippen LogP contribution in [0.3, 0.4) is 0 Å². The van der Waals surface area contributed by atoms with E-state index >= 15 is 0 Å². The predicted molar refractivity (Wildman–Crippen MR) is 104 cm³/mol. The molecule has 0 unspecified atom stereocenters. The minimum atomic E-state index is -4.40. The molecule has 1 aromatic heterocycles. The number of carbonyl (C=O) groups excluding carboxylic acids is 2. The third kappa shape index (κ3) is 5.10. The zero-order valence-electron chi connectivity index (χ0n) is 17.6. The van der Waals surface area contributed by atoms with Crippen LogP contribution in [0.15, 0.2) is 11.1 Å². The molecule has 30 heavy (non-hydrogen) atoms. The molecule has 2 rings (SSSR count). The van der Waals surface area contributed by atoms with Crippen LogP contribution in [-0.2, 0) is 26.5 Å². The Morgan fingerprint density at radius 2 is 2.00 bits per heavy atom. The van der Waals surface area contributed by atoms with Gasteiger partial charge in [0.05, 0.1) is 19.3 Å². The molecule has 0 bridgehead atoms. The smallest absolute Gasteiger partial charge is 0.410 e. The van der Waals surface area contributed by atoms with Crippen LogP contribution in [0.4, 0.5) is 9.18 Å². The van der Waals surface area contributed by atoms with E-state index in [-0.39, 0.29) is 19.6 Å². The minimum Gasteiger partial charge on any atom is -0.461 e. The quantitative estimate of drug-likeness (QED) is 0.620. The van der Waals surface area contributed by atoms with Gasteiger partial charge in [0.25, 0.3) is 0 Å². The van der Waals surface area contributed by atoms with Gasteiger partial charge >= 0.3 is 12.1 Å². The Morgan fingerprint density at radius 1 is 1.37 bits per heavy atom. The van der Waals surface area contributed by atoms with E-state index in [1.165, 1.54) is 11.9 Å². The van der Waals surface area contributed by atoms with E-state index in [9.17, 15) is 27.5 Å². The molecule has 0 saturated carbocycles. The molecule has 1 aliphatic heterocycles. The van der Waals surface area contributed by atoms with Crippen LogP contribution >= 0.6 is 0 Å². The van der Waals surface area contributed by atoms with Crippen molar-refractivity contribution in [1.82, 2.24) is 14.2 Å². The molecule has 0 spiro atoms. The number of likely N-dealkylation sites (tertiary alicyclic amines) is 1. The number of aliphatic hydroxyl groups excluding tert-OH is 1. The number of hydrogen-bond acceptors (Lipinski definition) is 7. The number of aryl methyl sites for hydroxylation is 1. The fourth-order valence-corrected chi connectivity index (χ4v) is 4.65. The van der Waals surface area contributed by atoms with Gasteiger partial charge in [0.1, 0.15) is 10.5 Å². The van der Waals surface area contributed by atoms with Crippen molar-refractivity contribution in [3.63, 3.8) is 0 Å². The van der Waals surface area contributed by atoms with Crippen molar-refractivity contribution in [3.8, 4) is 0 Å². The zero-order valence-corrected chi connectivity index (χ0v) is 18.5. The van der Waals surface area contributed by atoms with Gasteiger partial charge in [-0.2, -0.15) is 0 Å². The Labute approximate surface area is 175 Å². The summed E-state index contributed by atoms with van der Waals surface area (Å²) in [7, 11) is -3.07. The second-order valence-electron chi connectivity index (χ2n) is 7.93. The number of rotatable bonds is 6. The van der Waals surface area contributed by atoms with Gasteiger partial charge in [0.2, 0.25) is 10.0 Å². The summed E-state index contributed by atoms with van der Waals surface area (Å²) >= 11 is 0. The molecule has 1 aromatic rings. The van der Waals surface area contributed by atoms with Gasteiger partial charge < -0.3 is 24.0 Å². The van der Waals surface area contributed by atoms with E-state index in [0.29, 0.717) is 0 Å². The maximum atomic E-state index is 14.7. The molecule has 2 atom stereocenters. The fraction of sp³-hybridized carbons (Fsp3) is 0.667. The summed E-state index contributed by atoms with van der Waals surface area (Å²) in [5.41, 5.74) is -1.27. The molecule has 2 N–H and O–H groups in total. The van der Waals surface area contributed by atoms with Gasteiger partial charge in [0, 0.05) is 25.8 Å². The van der Waals surface area contributed by atoms with E-state index in [4.69, 9.17) is 9.47 Å². The van der Waals surface area contributed by atoms with E-state index in [1.54, 1.807) is 27.7 Å². The lowest BCUT2D eigenvalue weighted by atomic mass is 10.1. The van der Waals surface area contributed by atoms with Crippen LogP contribution in [-0.4, -0.2) is 72.5 Å². The molecular formula is C18H28FN3O7S. The van der Waals surface area contributed by atoms with Crippen molar-refractivity contribution in [3.05, 3.63) is 17.7 Å². The number of hydrogen-bond donors (Lipinski definition) is 2. The monoisotopic (exact) mass is 449 g/mol. The van der Waals surface area contributed by atoms with Gasteiger partial charge in [-0.25, -0.2) is 27.1 Å². The zero-order chi connectivity index (χ0) is 22.9. The van der Waals surface area contributed by atoms with Crippen LogP contribution in [0.5, 0.6) is 0 Å². The molecule has 12 heteroatoms. The standard InChI is InChI=1S/C18H28FN3O7S/c1-6-28-16(24)15-14(19)13(9-21(15)5)30(26,27)20-11-7-8-22(12(11)10-23)17(25)29-18(2,3)4/h9,11-12,20,23H,6-8,10H2,1-5H3/t11-,12-/m1/s1. The van der Waals surface area contributed by atoms with Crippen molar-refractivity contribution in [1.29, 1.82) is 0 Å². The number of aromatic nitrogens is 1. The number of amides is 1. The third-order valence-corrected chi connectivity index (χ3v) is 5.99. The molecular weight excluding hydrogens is 421 g/mol. The predicted octanol–water partition coefficient (Wildman–Crippen LogP) is 0.989. The van der Waals surface area contributed by atoms with Crippen molar-refractivity contribution in [2.45, 2.75) is 56.7 Å². The number of nitrogens with one attached hydrogen (secondary N) is 1. The van der Waals surface area contributed by atoms with Gasteiger partial charge in [-0.05, 0) is 34.1 Å². The minimum absolute atomic E-state index is 0.00450. The number of halogens is 1. The van der Waals surface area contributed by atoms with E-state index in [2.05, 4.69) is 4.72 Å². The van der Waals surface area contributed by atoms with Gasteiger partial charge in [0.15, 0.2) is 11.5 Å². The average Bonchev–Trinajstić information content (AvgIpc) is 3.13. The van der Waals surface area contributed by atoms with E-state index < -0.39 is 62.8 Å². The topological polar surface area (TPSA) is 127 Å². The summed E-state index contributed by atoms with van der Waals surface area (Å²) in [6.45, 7) is 6.25. The van der Waals surface area contributed by atoms with Crippen LogP contribution < -0.4 is 4.72 Å². The van der Waals surface area contributed by atoms with Crippen LogP contribution in [0.2, 0.25) is 0 Å². The normalized spacial score (nSPS) is 19.8. The molecule has 0 aliphatic carbocycles. The molecule has 1 fully saturated rings. The maximum Gasteiger partial charge on any atom is 0.410 e. The second-order valence-corrected chi connectivity index (χ2v) is 9.61. The lowest BCUT2D eigenvalue weighted by molar-refractivity contribution is 0.0163. The first kappa shape index (κ1) is 24.1. The molecule has 0 aromatic carbocycles. The highest BCUT2D eigenvalue weighted by Gasteiger charge is 2.41. The third-order valence-electron chi connectivity index (χ3n) is 4.51. The number of aliphatic hydroxyl groups is 1. The average molecular weight is 450 g/mol. The summed E-state index contributed by atoms with van der Waals surface area (Å²) < 4.78 is 53.7. The first-order chi connectivity index (χ1) is 13.8. The Kier molecular flexibility index (Phi) is 7.15. The molecule has 0 radical (unpaired) electrons. The first-order valence-corrected chi connectivity index (χ1v) is 11.0. The fourth-order valence-electron chi connectivity index (χ4n) is 3.22. The summed E-state index contributed by atoms with van der Waals surface area (Å²) in [6.07, 6.45) is 0.486. The highest BCUT2D eigenvalue weighted by molar-refractivity contribution is 7.89. The Hall–Kier alpha value is -2.18. The van der Waals surface area contributed by atoms with Crippen LogP contribution in [0.25, 0.3) is 0 Å². The molecule has 170 valence electrons. The molecule has 1 saturated heterocycles. The van der Waals surface area contributed by atoms with E-state index in [1.807, 2.05) is 0 Å². The van der Waals surface area contributed by atoms with Gasteiger partial charge in [-0.15, -0.1) is 0 Å². The Morgan fingerprint density at radius 3 is 2.53 bits per heavy atom. The van der Waals surface area contributed by atoms with Crippen molar-refractivity contribution in [2.75, 3.05) is 19.8 Å². The molecule has 2 heterocycles. The lowest BCUT2D eigenvalue weighted by Gasteiger charge is -2.29. The van der Waals surface area contributed by atoms with Gasteiger partial charge in [-0.3, -0.25) is 0 Å². The highest BCUT2D eigenvalue weighted by atomic mass is 32.2. The molecule has 1 aliphatic rings. The summed E-state index contributed by atoms with van der Waals surface area (Å²) in [5, 5.41) is 9.73. The summed E-state index contributed by atoms with van der Waals surface area (Å²) in [6, 6.07) is -1.75. The molecule has 10 nitrogen and oxygen atoms in total.